The Hall–Kier alpha value is -4.33. The Kier molecular flexibility index (Phi) is 6.28. The monoisotopic (exact) mass is 547 g/mol. The number of nitriles is 1. The summed E-state index contributed by atoms with van der Waals surface area (Å²) in [7, 11) is 0. The van der Waals surface area contributed by atoms with Gasteiger partial charge in [-0.3, -0.25) is 4.79 Å². The van der Waals surface area contributed by atoms with Gasteiger partial charge >= 0.3 is 0 Å². The van der Waals surface area contributed by atoms with Crippen molar-refractivity contribution in [1.82, 2.24) is 19.5 Å². The van der Waals surface area contributed by atoms with E-state index in [1.807, 2.05) is 25.1 Å². The van der Waals surface area contributed by atoms with Crippen LogP contribution in [0.25, 0.3) is 16.4 Å². The highest BCUT2D eigenvalue weighted by Gasteiger charge is 2.53. The molecule has 1 amide bonds. The zero-order chi connectivity index (χ0) is 28.2. The molecule has 0 bridgehead atoms. The molecule has 2 aromatic carbocycles. The number of carbonyl (C=O) groups excluding carboxylic acids is 1. The van der Waals surface area contributed by atoms with Gasteiger partial charge in [-0.15, -0.1) is 5.10 Å². The Morgan fingerprint density at radius 1 is 1.18 bits per heavy atom. The van der Waals surface area contributed by atoms with Crippen molar-refractivity contribution in [1.29, 1.82) is 5.26 Å². The molecule has 1 saturated heterocycles. The summed E-state index contributed by atoms with van der Waals surface area (Å²) in [5, 5.41) is 18.9. The number of fused-ring (bicyclic) bond motifs is 3. The molecule has 2 atom stereocenters. The molecule has 40 heavy (non-hydrogen) atoms. The second-order valence-electron chi connectivity index (χ2n) is 10.7. The van der Waals surface area contributed by atoms with E-state index in [2.05, 4.69) is 26.4 Å². The maximum atomic E-state index is 14.9. The fraction of sp³-hybridized carbons (Fsp3) is 0.379. The number of rotatable bonds is 6. The largest absolute Gasteiger partial charge is 0.365 e. The summed E-state index contributed by atoms with van der Waals surface area (Å²) >= 11 is 0. The van der Waals surface area contributed by atoms with E-state index in [4.69, 9.17) is 0 Å². The summed E-state index contributed by atoms with van der Waals surface area (Å²) in [5.41, 5.74) is 0.228. The summed E-state index contributed by atoms with van der Waals surface area (Å²) in [6.45, 7) is 5.38. The Morgan fingerprint density at radius 3 is 2.65 bits per heavy atom. The standard InChI is InChI=1S/C29H28F3N7O/c1-17-15-37(28(40)29(16-33)8-9-29)12-13-38(17)19-6-7-21-23(14-19)26(36-39-11-10-34-27(21)39)35-18(2)20-4-3-5-22(24(20)30)25(31)32/h3-7,10-11,14,17-18,25H,8-9,12-13,15H2,1-2H3,(H,35,36). The molecule has 3 heterocycles. The third kappa shape index (κ3) is 4.28. The highest BCUT2D eigenvalue weighted by Crippen LogP contribution is 2.47. The molecule has 0 spiro atoms. The maximum Gasteiger partial charge on any atom is 0.266 e. The number of piperazine rings is 1. The SMILES string of the molecule is CC(Nc1nn2ccnc2c2ccc(N3CCN(C(=O)C4(C#N)CC4)CC3C)cc12)c1cccc(C(F)F)c1F. The van der Waals surface area contributed by atoms with Gasteiger partial charge in [-0.05, 0) is 44.9 Å². The molecule has 2 fully saturated rings. The molecule has 1 aliphatic heterocycles. The van der Waals surface area contributed by atoms with Gasteiger partial charge in [-0.2, -0.15) is 5.26 Å². The van der Waals surface area contributed by atoms with Gasteiger partial charge in [-0.1, -0.05) is 18.2 Å². The van der Waals surface area contributed by atoms with Gasteiger partial charge in [0.1, 0.15) is 11.2 Å². The number of hydrogen-bond donors (Lipinski definition) is 1. The molecule has 4 aromatic rings. The lowest BCUT2D eigenvalue weighted by Gasteiger charge is -2.42. The lowest BCUT2D eigenvalue weighted by molar-refractivity contribution is -0.135. The summed E-state index contributed by atoms with van der Waals surface area (Å²) < 4.78 is 43.2. The molecule has 2 unspecified atom stereocenters. The summed E-state index contributed by atoms with van der Waals surface area (Å²) in [5.74, 6) is -0.547. The van der Waals surface area contributed by atoms with Crippen LogP contribution in [0.5, 0.6) is 0 Å². The van der Waals surface area contributed by atoms with Gasteiger partial charge in [0.15, 0.2) is 11.5 Å². The number of nitrogens with one attached hydrogen (secondary N) is 1. The first kappa shape index (κ1) is 25.9. The van der Waals surface area contributed by atoms with Gasteiger partial charge < -0.3 is 15.1 Å². The molecule has 2 aromatic heterocycles. The predicted octanol–water partition coefficient (Wildman–Crippen LogP) is 5.47. The summed E-state index contributed by atoms with van der Waals surface area (Å²) in [6, 6.07) is 11.5. The quantitative estimate of drug-likeness (QED) is 0.344. The van der Waals surface area contributed by atoms with Crippen LogP contribution in [0, 0.1) is 22.6 Å². The number of halogens is 3. The molecule has 0 radical (unpaired) electrons. The van der Waals surface area contributed by atoms with Crippen molar-refractivity contribution in [3.63, 3.8) is 0 Å². The van der Waals surface area contributed by atoms with Crippen LogP contribution in [0.4, 0.5) is 24.7 Å². The van der Waals surface area contributed by atoms with Crippen LogP contribution in [-0.2, 0) is 4.79 Å². The van der Waals surface area contributed by atoms with Crippen molar-refractivity contribution in [2.24, 2.45) is 5.41 Å². The van der Waals surface area contributed by atoms with Crippen molar-refractivity contribution in [2.45, 2.75) is 45.2 Å². The van der Waals surface area contributed by atoms with E-state index in [0.29, 0.717) is 43.9 Å². The van der Waals surface area contributed by atoms with Crippen LogP contribution in [0.3, 0.4) is 0 Å². The van der Waals surface area contributed by atoms with E-state index in [1.165, 1.54) is 12.1 Å². The van der Waals surface area contributed by atoms with Crippen LogP contribution in [0.2, 0.25) is 0 Å². The average Bonchev–Trinajstić information content (AvgIpc) is 3.61. The van der Waals surface area contributed by atoms with Crippen molar-refractivity contribution < 1.29 is 18.0 Å². The van der Waals surface area contributed by atoms with E-state index in [9.17, 15) is 23.2 Å². The molecule has 2 aliphatic rings. The van der Waals surface area contributed by atoms with Gasteiger partial charge in [0.25, 0.3) is 6.43 Å². The molecule has 6 rings (SSSR count). The summed E-state index contributed by atoms with van der Waals surface area (Å²) in [4.78, 5) is 21.4. The smallest absolute Gasteiger partial charge is 0.266 e. The Balaban J connectivity index is 1.32. The van der Waals surface area contributed by atoms with Crippen LogP contribution < -0.4 is 10.2 Å². The van der Waals surface area contributed by atoms with Gasteiger partial charge in [0, 0.05) is 60.1 Å². The predicted molar refractivity (Wildman–Crippen MR) is 145 cm³/mol. The second-order valence-corrected chi connectivity index (χ2v) is 10.7. The van der Waals surface area contributed by atoms with Crippen molar-refractivity contribution >= 4 is 33.8 Å². The van der Waals surface area contributed by atoms with E-state index >= 15 is 0 Å². The van der Waals surface area contributed by atoms with Gasteiger partial charge in [0.05, 0.1) is 17.7 Å². The number of anilines is 2. The Bertz CT molecular complexity index is 1660. The number of nitrogens with zero attached hydrogens (tertiary/aromatic N) is 6. The van der Waals surface area contributed by atoms with E-state index < -0.39 is 29.3 Å². The van der Waals surface area contributed by atoms with Crippen LogP contribution in [0.1, 0.15) is 50.3 Å². The van der Waals surface area contributed by atoms with Gasteiger partial charge in [0.2, 0.25) is 5.91 Å². The highest BCUT2D eigenvalue weighted by molar-refractivity contribution is 6.02. The lowest BCUT2D eigenvalue weighted by Crippen LogP contribution is -2.55. The van der Waals surface area contributed by atoms with Crippen LogP contribution in [0.15, 0.2) is 48.8 Å². The average molecular weight is 548 g/mol. The van der Waals surface area contributed by atoms with E-state index in [0.717, 1.165) is 22.5 Å². The first-order chi connectivity index (χ1) is 19.2. The van der Waals surface area contributed by atoms with Crippen molar-refractivity contribution in [3.8, 4) is 6.07 Å². The zero-order valence-electron chi connectivity index (χ0n) is 22.1. The molecule has 11 heteroatoms. The number of amides is 1. The van der Waals surface area contributed by atoms with Crippen LogP contribution >= 0.6 is 0 Å². The molecule has 1 aliphatic carbocycles. The minimum absolute atomic E-state index is 0.00859. The van der Waals surface area contributed by atoms with E-state index in [-0.39, 0.29) is 17.5 Å². The minimum Gasteiger partial charge on any atom is -0.365 e. The topological polar surface area (TPSA) is 89.6 Å². The molecule has 1 N–H and O–H groups in total. The third-order valence-electron chi connectivity index (χ3n) is 8.06. The number of imidazole rings is 1. The highest BCUT2D eigenvalue weighted by atomic mass is 19.3. The number of hydrogen-bond acceptors (Lipinski definition) is 6. The van der Waals surface area contributed by atoms with Crippen molar-refractivity contribution in [3.05, 3.63) is 65.7 Å². The molecule has 1 saturated carbocycles. The molecule has 8 nitrogen and oxygen atoms in total. The number of aromatic nitrogens is 3. The first-order valence-electron chi connectivity index (χ1n) is 13.3. The second kappa shape index (κ2) is 9.70. The number of alkyl halides is 2. The minimum atomic E-state index is -2.91. The fourth-order valence-corrected chi connectivity index (χ4v) is 5.62. The Morgan fingerprint density at radius 2 is 1.95 bits per heavy atom. The van der Waals surface area contributed by atoms with Crippen LogP contribution in [-0.4, -0.2) is 51.1 Å². The van der Waals surface area contributed by atoms with Crippen molar-refractivity contribution in [2.75, 3.05) is 29.9 Å². The Labute approximate surface area is 229 Å². The first-order valence-corrected chi connectivity index (χ1v) is 13.3. The fourth-order valence-electron chi connectivity index (χ4n) is 5.62. The van der Waals surface area contributed by atoms with Gasteiger partial charge in [-0.25, -0.2) is 22.7 Å². The number of carbonyl (C=O) groups is 1. The maximum absolute atomic E-state index is 14.9. The summed E-state index contributed by atoms with van der Waals surface area (Å²) in [6.07, 6.45) is 1.69. The third-order valence-corrected chi connectivity index (χ3v) is 8.06. The lowest BCUT2D eigenvalue weighted by atomic mass is 10.0. The molecular formula is C29H28F3N7O. The number of benzene rings is 2. The van der Waals surface area contributed by atoms with E-state index in [1.54, 1.807) is 28.7 Å². The zero-order valence-corrected chi connectivity index (χ0v) is 22.1. The normalized spacial score (nSPS) is 19.2. The molecule has 206 valence electrons. The molecular weight excluding hydrogens is 519 g/mol.